The van der Waals surface area contributed by atoms with Crippen molar-refractivity contribution in [2.45, 2.75) is 96.9 Å². The van der Waals surface area contributed by atoms with Gasteiger partial charge in [-0.15, -0.1) is 0 Å². The summed E-state index contributed by atoms with van der Waals surface area (Å²) in [5, 5.41) is 41.9. The van der Waals surface area contributed by atoms with Crippen LogP contribution in [0.4, 0.5) is 0 Å². The highest BCUT2D eigenvalue weighted by atomic mass is 16.3. The van der Waals surface area contributed by atoms with Crippen LogP contribution in [0.25, 0.3) is 0 Å². The summed E-state index contributed by atoms with van der Waals surface area (Å²) in [6, 6.07) is 2.29. The quantitative estimate of drug-likeness (QED) is 0.684. The Labute approximate surface area is 170 Å². The second-order valence-corrected chi connectivity index (χ2v) is 11.2. The van der Waals surface area contributed by atoms with Gasteiger partial charge in [-0.1, -0.05) is 20.8 Å². The molecule has 11 unspecified atom stereocenters. The lowest BCUT2D eigenvalue weighted by atomic mass is 9.43. The van der Waals surface area contributed by atoms with Crippen molar-refractivity contribution in [1.82, 2.24) is 0 Å². The van der Waals surface area contributed by atoms with Gasteiger partial charge in [-0.2, -0.15) is 5.26 Å². The van der Waals surface area contributed by atoms with Crippen molar-refractivity contribution < 1.29 is 15.3 Å². The Hall–Kier alpha value is -0.630. The van der Waals surface area contributed by atoms with Gasteiger partial charge in [0.25, 0.3) is 0 Å². The summed E-state index contributed by atoms with van der Waals surface area (Å²) >= 11 is 0. The first-order chi connectivity index (χ1) is 13.2. The molecular formula is C24H39NO3. The first-order valence-electron chi connectivity index (χ1n) is 11.6. The third kappa shape index (κ3) is 2.88. The van der Waals surface area contributed by atoms with E-state index in [1.54, 1.807) is 0 Å². The number of fused-ring (bicyclic) bond motifs is 5. The number of hydrogen-bond donors (Lipinski definition) is 3. The van der Waals surface area contributed by atoms with Gasteiger partial charge < -0.3 is 15.3 Å². The summed E-state index contributed by atoms with van der Waals surface area (Å²) in [4.78, 5) is 0. The molecule has 0 aromatic rings. The molecule has 4 nitrogen and oxygen atoms in total. The van der Waals surface area contributed by atoms with Gasteiger partial charge >= 0.3 is 0 Å². The summed E-state index contributed by atoms with van der Waals surface area (Å²) in [5.41, 5.74) is -0.00958. The molecule has 0 aromatic heterocycles. The van der Waals surface area contributed by atoms with Crippen molar-refractivity contribution in [3.05, 3.63) is 0 Å². The van der Waals surface area contributed by atoms with E-state index in [9.17, 15) is 15.3 Å². The zero-order valence-electron chi connectivity index (χ0n) is 17.8. The maximum Gasteiger partial charge on any atom is 0.0621 e. The van der Waals surface area contributed by atoms with Crippen molar-refractivity contribution >= 4 is 0 Å². The fraction of sp³-hybridized carbons (Fsp3) is 0.958. The zero-order chi connectivity index (χ0) is 20.3. The lowest BCUT2D eigenvalue weighted by Gasteiger charge is -2.63. The van der Waals surface area contributed by atoms with Crippen LogP contribution in [0.5, 0.6) is 0 Å². The number of nitriles is 1. The highest BCUT2D eigenvalue weighted by Gasteiger charge is 2.65. The molecule has 3 N–H and O–H groups in total. The van der Waals surface area contributed by atoms with Crippen molar-refractivity contribution in [1.29, 1.82) is 5.26 Å². The summed E-state index contributed by atoms with van der Waals surface area (Å²) in [5.74, 6) is 2.25. The van der Waals surface area contributed by atoms with E-state index in [0.717, 1.165) is 51.4 Å². The molecule has 0 radical (unpaired) electrons. The fourth-order valence-corrected chi connectivity index (χ4v) is 8.63. The Morgan fingerprint density at radius 1 is 1.04 bits per heavy atom. The minimum Gasteiger partial charge on any atom is -0.393 e. The van der Waals surface area contributed by atoms with E-state index >= 15 is 0 Å². The van der Waals surface area contributed by atoms with Crippen LogP contribution in [0.2, 0.25) is 0 Å². The molecule has 0 heterocycles. The van der Waals surface area contributed by atoms with Crippen LogP contribution in [0.15, 0.2) is 0 Å². The Morgan fingerprint density at radius 3 is 2.50 bits per heavy atom. The average Bonchev–Trinajstić information content (AvgIpc) is 3.01. The van der Waals surface area contributed by atoms with Gasteiger partial charge in [-0.05, 0) is 97.7 Å². The molecule has 11 atom stereocenters. The van der Waals surface area contributed by atoms with Gasteiger partial charge in [0.05, 0.1) is 24.4 Å². The first-order valence-corrected chi connectivity index (χ1v) is 11.6. The van der Waals surface area contributed by atoms with Crippen LogP contribution in [0, 0.1) is 57.7 Å². The molecule has 0 aliphatic heterocycles. The number of aliphatic hydroxyl groups is 3. The zero-order valence-corrected chi connectivity index (χ0v) is 17.8. The highest BCUT2D eigenvalue weighted by Crippen LogP contribution is 2.68. The summed E-state index contributed by atoms with van der Waals surface area (Å²) in [7, 11) is 0. The van der Waals surface area contributed by atoms with E-state index in [0.29, 0.717) is 36.0 Å². The lowest BCUT2D eigenvalue weighted by Crippen LogP contribution is -2.62. The minimum atomic E-state index is -0.328. The molecule has 0 saturated heterocycles. The molecule has 28 heavy (non-hydrogen) atoms. The predicted octanol–water partition coefficient (Wildman–Crippen LogP) is 3.89. The first kappa shape index (κ1) is 20.6. The average molecular weight is 390 g/mol. The molecule has 4 rings (SSSR count). The number of hydrogen-bond acceptors (Lipinski definition) is 4. The van der Waals surface area contributed by atoms with Gasteiger partial charge in [0, 0.05) is 6.42 Å². The molecule has 4 saturated carbocycles. The monoisotopic (exact) mass is 389 g/mol. The number of rotatable bonds is 3. The molecule has 158 valence electrons. The van der Waals surface area contributed by atoms with Crippen LogP contribution >= 0.6 is 0 Å². The SMILES string of the molecule is CC(CCC#N)C1CCC2C3C(O)CC4CC(O)CCC4(C)C3CC(O)C12C. The van der Waals surface area contributed by atoms with E-state index in [4.69, 9.17) is 5.26 Å². The number of aliphatic hydroxyl groups excluding tert-OH is 3. The van der Waals surface area contributed by atoms with Crippen molar-refractivity contribution in [3.8, 4) is 6.07 Å². The van der Waals surface area contributed by atoms with E-state index in [1.165, 1.54) is 0 Å². The lowest BCUT2D eigenvalue weighted by molar-refractivity contribution is -0.207. The molecule has 4 fully saturated rings. The van der Waals surface area contributed by atoms with E-state index in [-0.39, 0.29) is 35.1 Å². The smallest absolute Gasteiger partial charge is 0.0621 e. The second-order valence-electron chi connectivity index (χ2n) is 11.2. The van der Waals surface area contributed by atoms with Gasteiger partial charge in [-0.3, -0.25) is 0 Å². The molecule has 4 heteroatoms. The van der Waals surface area contributed by atoms with E-state index in [2.05, 4.69) is 26.8 Å². The summed E-state index contributed by atoms with van der Waals surface area (Å²) < 4.78 is 0. The van der Waals surface area contributed by atoms with Crippen LogP contribution in [-0.2, 0) is 0 Å². The fourth-order valence-electron chi connectivity index (χ4n) is 8.63. The Balaban J connectivity index is 1.63. The highest BCUT2D eigenvalue weighted by molar-refractivity contribution is 5.14. The van der Waals surface area contributed by atoms with E-state index < -0.39 is 0 Å². The Bertz CT molecular complexity index is 632. The van der Waals surface area contributed by atoms with Crippen LogP contribution in [-0.4, -0.2) is 33.6 Å². The van der Waals surface area contributed by atoms with Crippen LogP contribution < -0.4 is 0 Å². The maximum atomic E-state index is 11.5. The topological polar surface area (TPSA) is 84.5 Å². The predicted molar refractivity (Wildman–Crippen MR) is 108 cm³/mol. The molecule has 4 aliphatic carbocycles. The van der Waals surface area contributed by atoms with Crippen molar-refractivity contribution in [3.63, 3.8) is 0 Å². The van der Waals surface area contributed by atoms with Crippen LogP contribution in [0.1, 0.15) is 78.6 Å². The third-order valence-corrected chi connectivity index (χ3v) is 10.2. The third-order valence-electron chi connectivity index (χ3n) is 10.2. The van der Waals surface area contributed by atoms with E-state index in [1.807, 2.05) is 0 Å². The van der Waals surface area contributed by atoms with Gasteiger partial charge in [0.1, 0.15) is 0 Å². The summed E-state index contributed by atoms with van der Waals surface area (Å²) in [6.45, 7) is 6.92. The van der Waals surface area contributed by atoms with Gasteiger partial charge in [0.15, 0.2) is 0 Å². The molecule has 4 aliphatic rings. The second kappa shape index (κ2) is 7.25. The van der Waals surface area contributed by atoms with Crippen molar-refractivity contribution in [2.75, 3.05) is 0 Å². The number of nitrogens with zero attached hydrogens (tertiary/aromatic N) is 1. The molecule has 0 spiro atoms. The van der Waals surface area contributed by atoms with Crippen molar-refractivity contribution in [2.24, 2.45) is 46.3 Å². The largest absolute Gasteiger partial charge is 0.393 e. The van der Waals surface area contributed by atoms with Gasteiger partial charge in [-0.25, -0.2) is 0 Å². The molecule has 0 amide bonds. The molecule has 0 aromatic carbocycles. The van der Waals surface area contributed by atoms with Gasteiger partial charge in [0.2, 0.25) is 0 Å². The maximum absolute atomic E-state index is 11.5. The minimum absolute atomic E-state index is 0.135. The normalized spacial score (nSPS) is 54.2. The Kier molecular flexibility index (Phi) is 5.35. The summed E-state index contributed by atoms with van der Waals surface area (Å²) in [6.07, 6.45) is 7.13. The molecular weight excluding hydrogens is 350 g/mol. The Morgan fingerprint density at radius 2 is 1.79 bits per heavy atom. The van der Waals surface area contributed by atoms with Crippen LogP contribution in [0.3, 0.4) is 0 Å². The standard InChI is InChI=1S/C24H39NO3/c1-14(5-4-10-25)17-6-7-18-22-19(13-21(28)24(17,18)3)23(2)9-8-16(26)11-15(23)12-20(22)27/h14-22,26-28H,4-9,11-13H2,1-3H3. The molecule has 0 bridgehead atoms.